The number of hydrogen-bond acceptors (Lipinski definition) is 9. The van der Waals surface area contributed by atoms with Crippen LogP contribution in [0.25, 0.3) is 5.65 Å². The van der Waals surface area contributed by atoms with E-state index in [2.05, 4.69) is 32.1 Å². The lowest BCUT2D eigenvalue weighted by Gasteiger charge is -2.35. The molecule has 0 radical (unpaired) electrons. The fourth-order valence-corrected chi connectivity index (χ4v) is 5.63. The number of nitrogens with one attached hydrogen (secondary N) is 1. The Morgan fingerprint density at radius 2 is 1.65 bits per heavy atom. The Labute approximate surface area is 295 Å². The number of halogens is 3. The molecule has 0 saturated carbocycles. The summed E-state index contributed by atoms with van der Waals surface area (Å²) in [5.41, 5.74) is 7.81. The zero-order chi connectivity index (χ0) is 36.1. The van der Waals surface area contributed by atoms with Crippen molar-refractivity contribution in [1.29, 1.82) is 0 Å². The van der Waals surface area contributed by atoms with Gasteiger partial charge in [0.2, 0.25) is 0 Å². The molecule has 3 heterocycles. The van der Waals surface area contributed by atoms with E-state index in [0.717, 1.165) is 37.7 Å². The number of fused-ring (bicyclic) bond motifs is 1. The number of anilines is 1. The third-order valence-electron chi connectivity index (χ3n) is 8.40. The highest BCUT2D eigenvalue weighted by molar-refractivity contribution is 6.04. The maximum Gasteiger partial charge on any atom is 0.416 e. The Morgan fingerprint density at radius 1 is 0.922 bits per heavy atom. The number of ether oxygens (including phenoxy) is 3. The average molecular weight is 708 g/mol. The van der Waals surface area contributed by atoms with Gasteiger partial charge in [0.1, 0.15) is 5.69 Å². The van der Waals surface area contributed by atoms with E-state index >= 15 is 0 Å². The van der Waals surface area contributed by atoms with Gasteiger partial charge in [-0.3, -0.25) is 9.69 Å². The van der Waals surface area contributed by atoms with E-state index in [9.17, 15) is 18.0 Å². The fraction of sp³-hybridized carbons (Fsp3) is 0.432. The van der Waals surface area contributed by atoms with Crippen LogP contribution in [0.1, 0.15) is 44.7 Å². The third-order valence-corrected chi connectivity index (χ3v) is 8.40. The van der Waals surface area contributed by atoms with Gasteiger partial charge in [-0.15, -0.1) is 0 Å². The Balaban J connectivity index is 1.10. The molecule has 51 heavy (non-hydrogen) atoms. The number of hydrogen-bond donors (Lipinski definition) is 2. The van der Waals surface area contributed by atoms with Crippen LogP contribution in [0.15, 0.2) is 60.9 Å². The van der Waals surface area contributed by atoms with E-state index in [0.29, 0.717) is 76.2 Å². The van der Waals surface area contributed by atoms with Crippen molar-refractivity contribution < 1.29 is 32.2 Å². The van der Waals surface area contributed by atoms with Gasteiger partial charge in [0.15, 0.2) is 5.65 Å². The number of carbonyl (C=O) groups excluding carboxylic acids is 1. The Hall–Kier alpha value is -4.36. The molecule has 0 atom stereocenters. The second kappa shape index (κ2) is 18.8. The maximum atomic E-state index is 14.2. The van der Waals surface area contributed by atoms with E-state index in [4.69, 9.17) is 19.9 Å². The predicted octanol–water partition coefficient (Wildman–Crippen LogP) is 4.22. The smallest absolute Gasteiger partial charge is 0.379 e. The van der Waals surface area contributed by atoms with Crippen molar-refractivity contribution in [2.45, 2.75) is 26.1 Å². The molecule has 2 aromatic heterocycles. The second-order valence-corrected chi connectivity index (χ2v) is 12.1. The highest BCUT2D eigenvalue weighted by Gasteiger charge is 2.34. The molecule has 272 valence electrons. The van der Waals surface area contributed by atoms with Crippen LogP contribution in [0.5, 0.6) is 0 Å². The lowest BCUT2D eigenvalue weighted by Crippen LogP contribution is -2.46. The monoisotopic (exact) mass is 707 g/mol. The lowest BCUT2D eigenvalue weighted by atomic mass is 10.0. The highest BCUT2D eigenvalue weighted by atomic mass is 19.4. The molecule has 3 N–H and O–H groups in total. The van der Waals surface area contributed by atoms with E-state index in [1.807, 2.05) is 17.9 Å². The molecule has 1 aliphatic rings. The number of amides is 1. The van der Waals surface area contributed by atoms with Crippen LogP contribution in [0.2, 0.25) is 0 Å². The van der Waals surface area contributed by atoms with Crippen molar-refractivity contribution in [2.24, 2.45) is 5.73 Å². The number of alkyl halides is 3. The Kier molecular flexibility index (Phi) is 13.9. The molecule has 14 heteroatoms. The minimum absolute atomic E-state index is 0.0659. The van der Waals surface area contributed by atoms with Gasteiger partial charge in [0.25, 0.3) is 5.91 Å². The minimum atomic E-state index is -4.58. The highest BCUT2D eigenvalue weighted by Crippen LogP contribution is 2.35. The molecule has 0 bridgehead atoms. The molecule has 1 fully saturated rings. The molecule has 0 spiro atoms. The van der Waals surface area contributed by atoms with Crippen LogP contribution < -0.4 is 11.1 Å². The van der Waals surface area contributed by atoms with Crippen molar-refractivity contribution >= 4 is 17.2 Å². The molecule has 0 unspecified atom stereocenters. The van der Waals surface area contributed by atoms with Crippen LogP contribution in [-0.4, -0.2) is 109 Å². The van der Waals surface area contributed by atoms with Gasteiger partial charge in [-0.2, -0.15) is 18.3 Å². The van der Waals surface area contributed by atoms with Crippen molar-refractivity contribution in [1.82, 2.24) is 24.4 Å². The Morgan fingerprint density at radius 3 is 2.39 bits per heavy atom. The molecule has 1 aliphatic heterocycles. The SMILES string of the molecule is Cc1ccc(C(=O)Nc2ccc(CN3CCN(CCCOCCOCCOCCN)CC3)c(C(F)(F)F)c2)cc1C#Cc1cnc2cccnn12. The second-order valence-electron chi connectivity index (χ2n) is 12.1. The van der Waals surface area contributed by atoms with Crippen LogP contribution in [0, 0.1) is 18.8 Å². The first-order valence-electron chi connectivity index (χ1n) is 17.0. The third kappa shape index (κ3) is 11.3. The lowest BCUT2D eigenvalue weighted by molar-refractivity contribution is -0.138. The van der Waals surface area contributed by atoms with Gasteiger partial charge < -0.3 is 30.2 Å². The standard InChI is InChI=1S/C37H44F3N7O4/c1-28-5-6-30(24-29(28)8-10-33-26-42-35-4-2-12-43-47(33)35)36(48)44-32-9-7-31(34(25-32)37(38,39)40)27-46-16-14-45(15-17-46)13-3-18-49-20-22-51-23-21-50-19-11-41/h2,4-7,9,12,24-26H,3,11,13-23,27,41H2,1H3,(H,44,48). The van der Waals surface area contributed by atoms with Crippen LogP contribution >= 0.6 is 0 Å². The van der Waals surface area contributed by atoms with E-state index in [-0.39, 0.29) is 23.4 Å². The zero-order valence-corrected chi connectivity index (χ0v) is 28.8. The molecular formula is C37H44F3N7O4. The minimum Gasteiger partial charge on any atom is -0.379 e. The number of nitrogens with zero attached hydrogens (tertiary/aromatic N) is 5. The number of imidazole rings is 1. The van der Waals surface area contributed by atoms with Crippen LogP contribution in [-0.2, 0) is 26.9 Å². The molecular weight excluding hydrogens is 663 g/mol. The van der Waals surface area contributed by atoms with Gasteiger partial charge in [0.05, 0.1) is 44.8 Å². The summed E-state index contributed by atoms with van der Waals surface area (Å²) in [6.07, 6.45) is -0.465. The van der Waals surface area contributed by atoms with Crippen molar-refractivity contribution in [2.75, 3.05) is 84.2 Å². The number of nitrogens with two attached hydrogens (primary N) is 1. The maximum absolute atomic E-state index is 14.2. The summed E-state index contributed by atoms with van der Waals surface area (Å²) in [5, 5.41) is 6.89. The summed E-state index contributed by atoms with van der Waals surface area (Å²) in [4.78, 5) is 21.8. The van der Waals surface area contributed by atoms with Gasteiger partial charge in [0, 0.05) is 75.4 Å². The first-order valence-corrected chi connectivity index (χ1v) is 17.0. The van der Waals surface area contributed by atoms with Crippen LogP contribution in [0.4, 0.5) is 18.9 Å². The van der Waals surface area contributed by atoms with Gasteiger partial charge >= 0.3 is 6.18 Å². The molecule has 4 aromatic rings. The number of carbonyl (C=O) groups is 1. The van der Waals surface area contributed by atoms with E-state index in [1.165, 1.54) is 12.1 Å². The summed E-state index contributed by atoms with van der Waals surface area (Å²) in [5.74, 6) is 5.58. The number of rotatable bonds is 16. The molecule has 5 rings (SSSR count). The average Bonchev–Trinajstić information content (AvgIpc) is 3.54. The molecule has 11 nitrogen and oxygen atoms in total. The fourth-order valence-electron chi connectivity index (χ4n) is 5.63. The summed E-state index contributed by atoms with van der Waals surface area (Å²) in [6, 6.07) is 12.6. The van der Waals surface area contributed by atoms with Gasteiger partial charge in [-0.25, -0.2) is 9.50 Å². The molecule has 1 saturated heterocycles. The van der Waals surface area contributed by atoms with Crippen molar-refractivity contribution in [3.05, 3.63) is 94.4 Å². The number of aromatic nitrogens is 3. The summed E-state index contributed by atoms with van der Waals surface area (Å²) in [6.45, 7) is 9.42. The number of benzene rings is 2. The van der Waals surface area contributed by atoms with E-state index in [1.54, 1.807) is 41.2 Å². The molecule has 2 aromatic carbocycles. The number of piperazine rings is 1. The Bertz CT molecular complexity index is 1800. The topological polar surface area (TPSA) is 119 Å². The normalized spacial score (nSPS) is 14.1. The van der Waals surface area contributed by atoms with Gasteiger partial charge in [-0.1, -0.05) is 18.1 Å². The summed E-state index contributed by atoms with van der Waals surface area (Å²) in [7, 11) is 0. The van der Waals surface area contributed by atoms with E-state index < -0.39 is 17.6 Å². The predicted molar refractivity (Wildman–Crippen MR) is 187 cm³/mol. The van der Waals surface area contributed by atoms with Crippen LogP contribution in [0.3, 0.4) is 0 Å². The summed E-state index contributed by atoms with van der Waals surface area (Å²) < 4.78 is 60.7. The zero-order valence-electron chi connectivity index (χ0n) is 28.8. The quantitative estimate of drug-likeness (QED) is 0.130. The van der Waals surface area contributed by atoms with Gasteiger partial charge in [-0.05, 0) is 66.8 Å². The number of aryl methyl sites for hydroxylation is 1. The first kappa shape index (κ1) is 37.9. The van der Waals surface area contributed by atoms with Crippen molar-refractivity contribution in [3.63, 3.8) is 0 Å². The molecule has 0 aliphatic carbocycles. The van der Waals surface area contributed by atoms with Crippen molar-refractivity contribution in [3.8, 4) is 11.8 Å². The molecule has 1 amide bonds. The largest absolute Gasteiger partial charge is 0.416 e. The summed E-state index contributed by atoms with van der Waals surface area (Å²) >= 11 is 0. The first-order chi connectivity index (χ1) is 24.7.